The molecule has 6 heteroatoms. The molecule has 2 N–H and O–H groups in total. The van der Waals surface area contributed by atoms with Crippen molar-refractivity contribution in [1.82, 2.24) is 4.90 Å². The van der Waals surface area contributed by atoms with Crippen LogP contribution in [0.25, 0.3) is 0 Å². The van der Waals surface area contributed by atoms with Crippen molar-refractivity contribution in [3.05, 3.63) is 11.8 Å². The van der Waals surface area contributed by atoms with Crippen molar-refractivity contribution in [3.8, 4) is 0 Å². The Labute approximate surface area is 167 Å². The van der Waals surface area contributed by atoms with Crippen LogP contribution in [0.1, 0.15) is 66.7 Å². The van der Waals surface area contributed by atoms with Gasteiger partial charge in [0.25, 0.3) is 0 Å². The Balaban J connectivity index is 0.000000487. The number of nitrogens with zero attached hydrogens (tertiary/aromatic N) is 2. The molecule has 2 aliphatic heterocycles. The maximum Gasteiger partial charge on any atom is 0.210 e. The third kappa shape index (κ3) is 7.89. The van der Waals surface area contributed by atoms with Crippen molar-refractivity contribution < 1.29 is 9.53 Å². The minimum absolute atomic E-state index is 0.0104. The topological polar surface area (TPSA) is 67.9 Å². The molecule has 0 aromatic rings. The lowest BCUT2D eigenvalue weighted by Crippen LogP contribution is -2.36. The first kappa shape index (κ1) is 23.3. The molecule has 1 saturated heterocycles. The summed E-state index contributed by atoms with van der Waals surface area (Å²) in [5.41, 5.74) is 7.28. The number of aliphatic imine (C=N–C) groups is 1. The number of rotatable bonds is 5. The van der Waals surface area contributed by atoms with Crippen LogP contribution in [0.5, 0.6) is 0 Å². The van der Waals surface area contributed by atoms with Crippen LogP contribution in [0.2, 0.25) is 0 Å². The van der Waals surface area contributed by atoms with E-state index in [4.69, 9.17) is 10.5 Å². The van der Waals surface area contributed by atoms with Gasteiger partial charge in [-0.15, -0.1) is 0 Å². The Morgan fingerprint density at radius 3 is 2.58 bits per heavy atom. The van der Waals surface area contributed by atoms with E-state index in [9.17, 15) is 4.79 Å². The van der Waals surface area contributed by atoms with Crippen LogP contribution < -0.4 is 5.73 Å². The lowest BCUT2D eigenvalue weighted by atomic mass is 9.91. The van der Waals surface area contributed by atoms with E-state index >= 15 is 0 Å². The molecule has 2 atom stereocenters. The summed E-state index contributed by atoms with van der Waals surface area (Å²) in [7, 11) is 1.71. The molecule has 2 heterocycles. The average Bonchev–Trinajstić information content (AvgIpc) is 2.86. The zero-order valence-electron chi connectivity index (χ0n) is 17.2. The average molecular weight is 430 g/mol. The van der Waals surface area contributed by atoms with Crippen molar-refractivity contribution in [2.24, 2.45) is 16.6 Å². The molecule has 1 fully saturated rings. The highest BCUT2D eigenvalue weighted by Crippen LogP contribution is 2.34. The lowest BCUT2D eigenvalue weighted by Gasteiger charge is -2.27. The Bertz CT molecular complexity index is 524. The van der Waals surface area contributed by atoms with Crippen molar-refractivity contribution in [2.45, 2.75) is 83.9 Å². The molecule has 5 nitrogen and oxygen atoms in total. The highest BCUT2D eigenvalue weighted by Gasteiger charge is 2.37. The van der Waals surface area contributed by atoms with Gasteiger partial charge in [-0.1, -0.05) is 6.08 Å². The maximum absolute atomic E-state index is 11.1. The Hall–Kier alpha value is -0.720. The van der Waals surface area contributed by atoms with E-state index in [2.05, 4.69) is 40.8 Å². The fraction of sp³-hybridized carbons (Fsp3) is 0.800. The van der Waals surface area contributed by atoms with Gasteiger partial charge in [0.2, 0.25) is 6.41 Å². The van der Waals surface area contributed by atoms with Gasteiger partial charge in [0.1, 0.15) is 0 Å². The Kier molecular flexibility index (Phi) is 8.97. The molecule has 0 saturated carbocycles. The fourth-order valence-corrected chi connectivity index (χ4v) is 3.60. The van der Waals surface area contributed by atoms with Gasteiger partial charge in [0.05, 0.1) is 15.9 Å². The summed E-state index contributed by atoms with van der Waals surface area (Å²) in [5, 5.41) is 0. The largest absolute Gasteiger partial charge is 0.379 e. The number of hydrogen-bond donors (Lipinski definition) is 1. The third-order valence-corrected chi connectivity index (χ3v) is 5.55. The second-order valence-corrected chi connectivity index (χ2v) is 9.71. The maximum atomic E-state index is 11.1. The van der Waals surface area contributed by atoms with Crippen LogP contribution in [0.4, 0.5) is 0 Å². The summed E-state index contributed by atoms with van der Waals surface area (Å²) < 4.78 is 5.94. The number of methoxy groups -OCH3 is 1. The first-order chi connectivity index (χ1) is 12.0. The zero-order chi connectivity index (χ0) is 20.0. The molecular weight excluding hydrogens is 394 g/mol. The van der Waals surface area contributed by atoms with E-state index in [0.29, 0.717) is 5.92 Å². The minimum atomic E-state index is -0.0121. The van der Waals surface area contributed by atoms with Gasteiger partial charge in [-0.25, -0.2) is 4.99 Å². The molecule has 26 heavy (non-hydrogen) atoms. The summed E-state index contributed by atoms with van der Waals surface area (Å²) in [6.07, 6.45) is 8.16. The van der Waals surface area contributed by atoms with Crippen molar-refractivity contribution in [3.63, 3.8) is 0 Å². The molecule has 0 radical (unpaired) electrons. The number of likely N-dealkylation sites (tertiary alicyclic amines) is 1. The van der Waals surface area contributed by atoms with Crippen molar-refractivity contribution in [1.29, 1.82) is 0 Å². The van der Waals surface area contributed by atoms with Crippen LogP contribution in [-0.2, 0) is 9.53 Å². The summed E-state index contributed by atoms with van der Waals surface area (Å²) in [6, 6.07) is 0.0104. The standard InChI is InChI=1S/C15H24BrN3O.C5H12O/c1-15(2)8-11(9-19(15)10-20)6-7-12(17)13-4-3-5-14(16)18-13;1-5(2,3)6-4/h4,10-12H,3,5-9,17H2,1-2H3;1-4H3. The highest BCUT2D eigenvalue weighted by molar-refractivity contribution is 9.18. The first-order valence-corrected chi connectivity index (χ1v) is 10.2. The van der Waals surface area contributed by atoms with Gasteiger partial charge in [-0.3, -0.25) is 4.79 Å². The van der Waals surface area contributed by atoms with E-state index < -0.39 is 0 Å². The van der Waals surface area contributed by atoms with E-state index in [1.165, 1.54) is 0 Å². The molecule has 0 bridgehead atoms. The monoisotopic (exact) mass is 429 g/mol. The van der Waals surface area contributed by atoms with E-state index in [1.807, 2.05) is 25.7 Å². The molecule has 0 spiro atoms. The predicted octanol–water partition coefficient (Wildman–Crippen LogP) is 4.25. The van der Waals surface area contributed by atoms with Crippen LogP contribution in [-0.4, -0.2) is 46.8 Å². The van der Waals surface area contributed by atoms with E-state index in [0.717, 1.165) is 55.4 Å². The first-order valence-electron chi connectivity index (χ1n) is 9.44. The van der Waals surface area contributed by atoms with Crippen LogP contribution >= 0.6 is 15.9 Å². The zero-order valence-corrected chi connectivity index (χ0v) is 18.8. The molecule has 1 amide bonds. The van der Waals surface area contributed by atoms with Crippen molar-refractivity contribution >= 4 is 27.0 Å². The Morgan fingerprint density at radius 2 is 2.12 bits per heavy atom. The van der Waals surface area contributed by atoms with Gasteiger partial charge in [-0.2, -0.15) is 0 Å². The molecule has 2 aliphatic rings. The van der Waals surface area contributed by atoms with E-state index in [-0.39, 0.29) is 17.2 Å². The van der Waals surface area contributed by atoms with Gasteiger partial charge in [0.15, 0.2) is 0 Å². The van der Waals surface area contributed by atoms with E-state index in [1.54, 1.807) is 7.11 Å². The fourth-order valence-electron chi connectivity index (χ4n) is 3.17. The summed E-state index contributed by atoms with van der Waals surface area (Å²) in [5.74, 6) is 0.554. The highest BCUT2D eigenvalue weighted by atomic mass is 79.9. The molecule has 2 unspecified atom stereocenters. The van der Waals surface area contributed by atoms with Gasteiger partial charge < -0.3 is 15.4 Å². The number of halogens is 1. The van der Waals surface area contributed by atoms with Crippen LogP contribution in [0.3, 0.4) is 0 Å². The molecular formula is C20H36BrN3O2. The number of ether oxygens (including phenoxy) is 1. The number of carbonyl (C=O) groups is 1. The third-order valence-electron chi connectivity index (χ3n) is 4.98. The predicted molar refractivity (Wildman–Crippen MR) is 113 cm³/mol. The molecule has 0 aromatic carbocycles. The summed E-state index contributed by atoms with van der Waals surface area (Å²) in [4.78, 5) is 17.5. The van der Waals surface area contributed by atoms with Gasteiger partial charge in [0, 0.05) is 25.2 Å². The SMILES string of the molecule is CC1(C)CC(CCC(N)C2=CCCC(Br)=N2)CN1C=O.COC(C)(C)C. The number of carbonyl (C=O) groups excluding carboxylic acids is 1. The van der Waals surface area contributed by atoms with Gasteiger partial charge >= 0.3 is 0 Å². The molecule has 0 aromatic heterocycles. The summed E-state index contributed by atoms with van der Waals surface area (Å²) >= 11 is 3.45. The number of amides is 1. The number of allylic oxidation sites excluding steroid dienone is 1. The van der Waals surface area contributed by atoms with Crippen LogP contribution in [0, 0.1) is 5.92 Å². The smallest absolute Gasteiger partial charge is 0.210 e. The lowest BCUT2D eigenvalue weighted by molar-refractivity contribution is -0.120. The molecule has 150 valence electrons. The minimum Gasteiger partial charge on any atom is -0.379 e. The van der Waals surface area contributed by atoms with Crippen LogP contribution in [0.15, 0.2) is 16.8 Å². The van der Waals surface area contributed by atoms with Crippen molar-refractivity contribution in [2.75, 3.05) is 13.7 Å². The second-order valence-electron chi connectivity index (χ2n) is 8.80. The number of nitrogens with two attached hydrogens (primary N) is 1. The molecule has 0 aliphatic carbocycles. The normalized spacial score (nSPS) is 23.5. The molecule has 2 rings (SSSR count). The number of hydrogen-bond acceptors (Lipinski definition) is 4. The Morgan fingerprint density at radius 1 is 1.50 bits per heavy atom. The second kappa shape index (κ2) is 10.00. The summed E-state index contributed by atoms with van der Waals surface area (Å²) in [6.45, 7) is 11.2. The van der Waals surface area contributed by atoms with Gasteiger partial charge in [-0.05, 0) is 88.6 Å². The quantitative estimate of drug-likeness (QED) is 0.663.